The molecule has 0 heterocycles. The molecule has 1 aliphatic rings. The molecule has 1 aliphatic carbocycles. The van der Waals surface area contributed by atoms with Crippen molar-refractivity contribution < 1.29 is 0 Å². The van der Waals surface area contributed by atoms with Gasteiger partial charge in [-0.2, -0.15) is 0 Å². The maximum absolute atomic E-state index is 3.52. The standard InChI is InChI=1S/C13H27N/c1-3-5-8-12-9-6-7-10-13(12)11-14-4-2/h12-14H,3-11H2,1-2H3. The van der Waals surface area contributed by atoms with Gasteiger partial charge >= 0.3 is 0 Å². The lowest BCUT2D eigenvalue weighted by Crippen LogP contribution is -2.30. The molecule has 0 amide bonds. The van der Waals surface area contributed by atoms with Crippen molar-refractivity contribution in [2.45, 2.75) is 58.8 Å². The molecule has 1 N–H and O–H groups in total. The second kappa shape index (κ2) is 7.28. The minimum absolute atomic E-state index is 0.982. The molecule has 0 aromatic rings. The van der Waals surface area contributed by atoms with Gasteiger partial charge in [-0.25, -0.2) is 0 Å². The largest absolute Gasteiger partial charge is 0.317 e. The summed E-state index contributed by atoms with van der Waals surface area (Å²) in [6.07, 6.45) is 10.2. The van der Waals surface area contributed by atoms with Gasteiger partial charge in [-0.1, -0.05) is 52.4 Å². The highest BCUT2D eigenvalue weighted by molar-refractivity contribution is 4.76. The molecule has 0 aromatic heterocycles. The van der Waals surface area contributed by atoms with E-state index in [-0.39, 0.29) is 0 Å². The van der Waals surface area contributed by atoms with E-state index in [4.69, 9.17) is 0 Å². The van der Waals surface area contributed by atoms with Gasteiger partial charge in [0, 0.05) is 0 Å². The molecule has 0 spiro atoms. The van der Waals surface area contributed by atoms with Crippen molar-refractivity contribution in [3.05, 3.63) is 0 Å². The Morgan fingerprint density at radius 1 is 1.07 bits per heavy atom. The summed E-state index contributed by atoms with van der Waals surface area (Å²) >= 11 is 0. The fourth-order valence-corrected chi connectivity index (χ4v) is 2.73. The van der Waals surface area contributed by atoms with Crippen LogP contribution in [0.2, 0.25) is 0 Å². The summed E-state index contributed by atoms with van der Waals surface area (Å²) in [4.78, 5) is 0. The molecule has 14 heavy (non-hydrogen) atoms. The monoisotopic (exact) mass is 197 g/mol. The summed E-state index contributed by atoms with van der Waals surface area (Å²) in [5, 5.41) is 3.52. The number of nitrogens with one attached hydrogen (secondary N) is 1. The molecule has 84 valence electrons. The molecule has 0 aromatic carbocycles. The van der Waals surface area contributed by atoms with E-state index < -0.39 is 0 Å². The molecule has 2 atom stereocenters. The molecule has 0 radical (unpaired) electrons. The number of unbranched alkanes of at least 4 members (excludes halogenated alkanes) is 1. The predicted octanol–water partition coefficient (Wildman–Crippen LogP) is 3.59. The van der Waals surface area contributed by atoms with Crippen molar-refractivity contribution in [3.63, 3.8) is 0 Å². The minimum atomic E-state index is 0.982. The van der Waals surface area contributed by atoms with Crippen LogP contribution in [0.15, 0.2) is 0 Å². The van der Waals surface area contributed by atoms with Crippen molar-refractivity contribution in [1.29, 1.82) is 0 Å². The molecule has 1 heteroatoms. The third-order valence-electron chi connectivity index (χ3n) is 3.65. The highest BCUT2D eigenvalue weighted by atomic mass is 14.8. The van der Waals surface area contributed by atoms with E-state index in [1.54, 1.807) is 0 Å². The lowest BCUT2D eigenvalue weighted by molar-refractivity contribution is 0.215. The van der Waals surface area contributed by atoms with Crippen LogP contribution >= 0.6 is 0 Å². The zero-order valence-corrected chi connectivity index (χ0v) is 10.0. The first kappa shape index (κ1) is 12.0. The summed E-state index contributed by atoms with van der Waals surface area (Å²) in [7, 11) is 0. The van der Waals surface area contributed by atoms with E-state index in [9.17, 15) is 0 Å². The molecule has 1 nitrogen and oxygen atoms in total. The average Bonchev–Trinajstić information content (AvgIpc) is 2.24. The second-order valence-corrected chi connectivity index (χ2v) is 4.75. The van der Waals surface area contributed by atoms with Crippen LogP contribution in [0, 0.1) is 11.8 Å². The fraction of sp³-hybridized carbons (Fsp3) is 1.00. The van der Waals surface area contributed by atoms with Gasteiger partial charge in [-0.15, -0.1) is 0 Å². The third-order valence-corrected chi connectivity index (χ3v) is 3.65. The zero-order valence-electron chi connectivity index (χ0n) is 10.0. The highest BCUT2D eigenvalue weighted by Gasteiger charge is 2.23. The van der Waals surface area contributed by atoms with E-state index in [1.165, 1.54) is 51.5 Å². The Kier molecular flexibility index (Phi) is 6.25. The third kappa shape index (κ3) is 4.00. The smallest absolute Gasteiger partial charge is 0.00180 e. The number of hydrogen-bond donors (Lipinski definition) is 1. The Balaban J connectivity index is 2.26. The summed E-state index contributed by atoms with van der Waals surface area (Å²) in [6, 6.07) is 0. The van der Waals surface area contributed by atoms with Gasteiger partial charge in [0.25, 0.3) is 0 Å². The molecular weight excluding hydrogens is 170 g/mol. The Morgan fingerprint density at radius 3 is 2.43 bits per heavy atom. The van der Waals surface area contributed by atoms with Crippen LogP contribution in [-0.4, -0.2) is 13.1 Å². The summed E-state index contributed by atoms with van der Waals surface area (Å²) in [6.45, 7) is 6.92. The van der Waals surface area contributed by atoms with Gasteiger partial charge in [-0.05, 0) is 31.3 Å². The van der Waals surface area contributed by atoms with E-state index in [2.05, 4.69) is 19.2 Å². The highest BCUT2D eigenvalue weighted by Crippen LogP contribution is 2.32. The fourth-order valence-electron chi connectivity index (χ4n) is 2.73. The van der Waals surface area contributed by atoms with Gasteiger partial charge in [0.1, 0.15) is 0 Å². The van der Waals surface area contributed by atoms with Gasteiger partial charge in [0.05, 0.1) is 0 Å². The first-order chi connectivity index (χ1) is 6.88. The van der Waals surface area contributed by atoms with Crippen molar-refractivity contribution in [3.8, 4) is 0 Å². The minimum Gasteiger partial charge on any atom is -0.317 e. The first-order valence-corrected chi connectivity index (χ1v) is 6.59. The van der Waals surface area contributed by atoms with E-state index >= 15 is 0 Å². The van der Waals surface area contributed by atoms with Crippen molar-refractivity contribution in [1.82, 2.24) is 5.32 Å². The van der Waals surface area contributed by atoms with E-state index in [0.717, 1.165) is 18.4 Å². The Hall–Kier alpha value is -0.0400. The maximum atomic E-state index is 3.52. The van der Waals surface area contributed by atoms with Crippen molar-refractivity contribution >= 4 is 0 Å². The maximum Gasteiger partial charge on any atom is -0.00180 e. The Bertz CT molecular complexity index is 117. The molecule has 0 bridgehead atoms. The molecule has 2 unspecified atom stereocenters. The summed E-state index contributed by atoms with van der Waals surface area (Å²) in [5.74, 6) is 2.01. The lowest BCUT2D eigenvalue weighted by atomic mass is 9.76. The molecule has 1 fully saturated rings. The Labute approximate surface area is 89.7 Å². The van der Waals surface area contributed by atoms with Crippen LogP contribution in [0.5, 0.6) is 0 Å². The summed E-state index contributed by atoms with van der Waals surface area (Å²) < 4.78 is 0. The molecule has 1 rings (SSSR count). The van der Waals surface area contributed by atoms with Crippen LogP contribution in [0.25, 0.3) is 0 Å². The normalized spacial score (nSPS) is 27.9. The van der Waals surface area contributed by atoms with Gasteiger partial charge in [-0.3, -0.25) is 0 Å². The van der Waals surface area contributed by atoms with Gasteiger partial charge < -0.3 is 5.32 Å². The topological polar surface area (TPSA) is 12.0 Å². The van der Waals surface area contributed by atoms with Gasteiger partial charge in [0.15, 0.2) is 0 Å². The number of hydrogen-bond acceptors (Lipinski definition) is 1. The van der Waals surface area contributed by atoms with Crippen molar-refractivity contribution in [2.24, 2.45) is 11.8 Å². The van der Waals surface area contributed by atoms with E-state index in [1.807, 2.05) is 0 Å². The average molecular weight is 197 g/mol. The Morgan fingerprint density at radius 2 is 1.79 bits per heavy atom. The van der Waals surface area contributed by atoms with Crippen molar-refractivity contribution in [2.75, 3.05) is 13.1 Å². The lowest BCUT2D eigenvalue weighted by Gasteiger charge is -2.31. The second-order valence-electron chi connectivity index (χ2n) is 4.75. The molecule has 0 saturated heterocycles. The van der Waals surface area contributed by atoms with Crippen LogP contribution < -0.4 is 5.32 Å². The molecule has 1 saturated carbocycles. The van der Waals surface area contributed by atoms with Crippen LogP contribution in [-0.2, 0) is 0 Å². The predicted molar refractivity (Wildman–Crippen MR) is 63.5 cm³/mol. The SMILES string of the molecule is CCCCC1CCCCC1CNCC. The van der Waals surface area contributed by atoms with Crippen LogP contribution in [0.4, 0.5) is 0 Å². The zero-order chi connectivity index (χ0) is 10.2. The summed E-state index contributed by atoms with van der Waals surface area (Å²) in [5.41, 5.74) is 0. The van der Waals surface area contributed by atoms with Gasteiger partial charge in [0.2, 0.25) is 0 Å². The molecular formula is C13H27N. The van der Waals surface area contributed by atoms with Crippen LogP contribution in [0.1, 0.15) is 58.8 Å². The quantitative estimate of drug-likeness (QED) is 0.686. The number of rotatable bonds is 6. The van der Waals surface area contributed by atoms with E-state index in [0.29, 0.717) is 0 Å². The molecule has 0 aliphatic heterocycles. The van der Waals surface area contributed by atoms with Crippen LogP contribution in [0.3, 0.4) is 0 Å². The first-order valence-electron chi connectivity index (χ1n) is 6.59.